The lowest BCUT2D eigenvalue weighted by Crippen LogP contribution is -2.40. The van der Waals surface area contributed by atoms with Gasteiger partial charge in [-0.2, -0.15) is 4.91 Å². The number of alkyl halides is 1. The zero-order chi connectivity index (χ0) is 28.7. The van der Waals surface area contributed by atoms with E-state index in [2.05, 4.69) is 48.7 Å². The maximum atomic E-state index is 15.1. The Morgan fingerprint density at radius 3 is 2.77 bits per heavy atom. The molecule has 4 heterocycles. The fourth-order valence-corrected chi connectivity index (χ4v) is 6.88. The molecule has 0 amide bonds. The molecule has 0 radical (unpaired) electrons. The molecular formula is C30H42FN7O2. The molecule has 10 heteroatoms. The van der Waals surface area contributed by atoms with Crippen LogP contribution < -0.4 is 9.64 Å². The third-order valence-corrected chi connectivity index (χ3v) is 8.78. The highest BCUT2D eigenvalue weighted by Crippen LogP contribution is 2.44. The first kappa shape index (κ1) is 28.4. The summed E-state index contributed by atoms with van der Waals surface area (Å²) in [7, 11) is 2.01. The van der Waals surface area contributed by atoms with Gasteiger partial charge in [0.25, 0.3) is 0 Å². The number of nitrogens with zero attached hydrogens (tertiary/aromatic N) is 7. The van der Waals surface area contributed by atoms with Crippen molar-refractivity contribution >= 4 is 12.2 Å². The highest BCUT2D eigenvalue weighted by atomic mass is 19.1. The predicted molar refractivity (Wildman–Crippen MR) is 156 cm³/mol. The largest absolute Gasteiger partial charge is 0.452 e. The van der Waals surface area contributed by atoms with Crippen LogP contribution >= 0.6 is 0 Å². The number of rotatable bonds is 8. The molecule has 216 valence electrons. The highest BCUT2D eigenvalue weighted by molar-refractivity contribution is 5.62. The Kier molecular flexibility index (Phi) is 7.83. The van der Waals surface area contributed by atoms with Crippen LogP contribution in [0.2, 0.25) is 0 Å². The Balaban J connectivity index is 1.41. The van der Waals surface area contributed by atoms with Crippen molar-refractivity contribution in [3.05, 3.63) is 52.7 Å². The third-order valence-electron chi connectivity index (χ3n) is 8.78. The van der Waals surface area contributed by atoms with Crippen LogP contribution in [0.3, 0.4) is 0 Å². The smallest absolute Gasteiger partial charge is 0.188 e. The number of anilines is 1. The molecule has 2 saturated heterocycles. The quantitative estimate of drug-likeness (QED) is 0.421. The molecule has 0 aromatic carbocycles. The van der Waals surface area contributed by atoms with Gasteiger partial charge in [0.15, 0.2) is 11.6 Å². The van der Waals surface area contributed by atoms with Crippen molar-refractivity contribution < 1.29 is 9.13 Å². The van der Waals surface area contributed by atoms with Crippen LogP contribution in [0.1, 0.15) is 47.5 Å². The molecule has 5 rings (SSSR count). The Hall–Kier alpha value is -3.14. The summed E-state index contributed by atoms with van der Waals surface area (Å²) >= 11 is 0. The summed E-state index contributed by atoms with van der Waals surface area (Å²) in [6, 6.07) is 0.0573. The van der Waals surface area contributed by atoms with E-state index in [0.717, 1.165) is 56.0 Å². The van der Waals surface area contributed by atoms with Gasteiger partial charge in [0.05, 0.1) is 18.6 Å². The fourth-order valence-electron chi connectivity index (χ4n) is 6.88. The van der Waals surface area contributed by atoms with Crippen molar-refractivity contribution in [2.45, 2.75) is 65.2 Å². The number of aromatic nitrogens is 2. The van der Waals surface area contributed by atoms with Gasteiger partial charge in [-0.3, -0.25) is 0 Å². The molecule has 0 saturated carbocycles. The van der Waals surface area contributed by atoms with Gasteiger partial charge in [0, 0.05) is 61.9 Å². The predicted octanol–water partition coefficient (Wildman–Crippen LogP) is 4.98. The first-order valence-corrected chi connectivity index (χ1v) is 14.3. The Morgan fingerprint density at radius 1 is 1.25 bits per heavy atom. The molecule has 3 aliphatic heterocycles. The second-order valence-corrected chi connectivity index (χ2v) is 12.9. The first-order chi connectivity index (χ1) is 19.0. The third kappa shape index (κ3) is 5.55. The van der Waals surface area contributed by atoms with E-state index in [1.54, 1.807) is 24.7 Å². The van der Waals surface area contributed by atoms with Gasteiger partial charge in [-0.25, -0.2) is 19.4 Å². The summed E-state index contributed by atoms with van der Waals surface area (Å²) in [6.07, 6.45) is 11.3. The molecule has 2 unspecified atom stereocenters. The van der Waals surface area contributed by atoms with Crippen LogP contribution in [-0.2, 0) is 0 Å². The van der Waals surface area contributed by atoms with Crippen LogP contribution in [0.5, 0.6) is 5.75 Å². The summed E-state index contributed by atoms with van der Waals surface area (Å²) in [4.78, 5) is 31.4. The van der Waals surface area contributed by atoms with E-state index >= 15 is 4.39 Å². The minimum absolute atomic E-state index is 0.0573. The van der Waals surface area contributed by atoms with Crippen LogP contribution in [0.4, 0.5) is 10.2 Å². The Bertz CT molecular complexity index is 1240. The topological polar surface area (TPSA) is 86.5 Å². The second kappa shape index (κ2) is 11.0. The monoisotopic (exact) mass is 551 g/mol. The van der Waals surface area contributed by atoms with Crippen molar-refractivity contribution in [3.63, 3.8) is 0 Å². The zero-order valence-corrected chi connectivity index (χ0v) is 24.5. The molecule has 1 spiro atoms. The van der Waals surface area contributed by atoms with Gasteiger partial charge in [-0.1, -0.05) is 25.9 Å². The van der Waals surface area contributed by atoms with Crippen molar-refractivity contribution in [3.8, 4) is 5.75 Å². The van der Waals surface area contributed by atoms with Gasteiger partial charge in [-0.05, 0) is 51.3 Å². The molecule has 40 heavy (non-hydrogen) atoms. The van der Waals surface area contributed by atoms with E-state index in [1.165, 1.54) is 0 Å². The minimum atomic E-state index is -1.11. The highest BCUT2D eigenvalue weighted by Gasteiger charge is 2.45. The molecule has 1 aromatic rings. The van der Waals surface area contributed by atoms with Crippen molar-refractivity contribution in [2.75, 3.05) is 44.7 Å². The summed E-state index contributed by atoms with van der Waals surface area (Å²) < 4.78 is 21.6. The van der Waals surface area contributed by atoms with Crippen molar-refractivity contribution in [1.29, 1.82) is 0 Å². The second-order valence-electron chi connectivity index (χ2n) is 12.9. The molecule has 1 aliphatic carbocycles. The number of allylic oxidation sites excluding steroid dienone is 2. The SMILES string of the molecule is CC(C)[C@H]1C(C2=C(Oc3cncnc3N3CCC4(CCN(CC(C)(C)N=O)C4)C3)C=C[C@H](F)C2C)=CN=CN1C. The van der Waals surface area contributed by atoms with E-state index in [1.807, 2.05) is 40.4 Å². The van der Waals surface area contributed by atoms with Crippen LogP contribution in [0.25, 0.3) is 0 Å². The molecule has 1 aromatic heterocycles. The Labute approximate surface area is 236 Å². The molecule has 4 aliphatic rings. The normalized spacial score (nSPS) is 29.2. The van der Waals surface area contributed by atoms with Crippen LogP contribution in [0, 0.1) is 22.2 Å². The van der Waals surface area contributed by atoms with Crippen LogP contribution in [0.15, 0.2) is 58.0 Å². The van der Waals surface area contributed by atoms with Crippen molar-refractivity contribution in [2.24, 2.45) is 27.4 Å². The standard InChI is InChI=1S/C30H42FN7O2/c1-20(2)27-22(13-33-19-36(27)6)26-21(3)23(31)7-8-24(26)40-25-14-32-18-34-28(25)38-12-10-30(17-38)9-11-37(16-30)15-29(4,5)35-39/h7-8,13-14,18-21,23,27H,9-12,15-17H2,1-6H3/t21?,23-,27-,30?/m0/s1. The van der Waals surface area contributed by atoms with E-state index < -0.39 is 11.7 Å². The number of nitroso groups, excluding NO2 is 1. The van der Waals surface area contributed by atoms with Crippen molar-refractivity contribution in [1.82, 2.24) is 19.8 Å². The molecule has 4 atom stereocenters. The molecular weight excluding hydrogens is 509 g/mol. The molecule has 0 bridgehead atoms. The van der Waals surface area contributed by atoms with E-state index in [4.69, 9.17) is 4.74 Å². The number of halogens is 1. The summed E-state index contributed by atoms with van der Waals surface area (Å²) in [5.74, 6) is 1.85. The maximum absolute atomic E-state index is 15.1. The average Bonchev–Trinajstić information content (AvgIpc) is 3.51. The van der Waals surface area contributed by atoms with Gasteiger partial charge >= 0.3 is 0 Å². The minimum Gasteiger partial charge on any atom is -0.452 e. The van der Waals surface area contributed by atoms with E-state index in [9.17, 15) is 4.91 Å². The molecule has 2 fully saturated rings. The maximum Gasteiger partial charge on any atom is 0.188 e. The van der Waals surface area contributed by atoms with Gasteiger partial charge < -0.3 is 19.4 Å². The van der Waals surface area contributed by atoms with E-state index in [0.29, 0.717) is 24.0 Å². The van der Waals surface area contributed by atoms with Gasteiger partial charge in [0.1, 0.15) is 23.8 Å². The summed E-state index contributed by atoms with van der Waals surface area (Å²) in [6.45, 7) is 14.3. The molecule has 9 nitrogen and oxygen atoms in total. The first-order valence-electron chi connectivity index (χ1n) is 14.3. The lowest BCUT2D eigenvalue weighted by molar-refractivity contribution is 0.236. The number of likely N-dealkylation sites (N-methyl/N-ethyl adjacent to an activating group) is 1. The van der Waals surface area contributed by atoms with E-state index in [-0.39, 0.29) is 17.4 Å². The average molecular weight is 552 g/mol. The molecule has 0 N–H and O–H groups in total. The fraction of sp³-hybridized carbons (Fsp3) is 0.633. The number of hydrogen-bond acceptors (Lipinski definition) is 9. The lowest BCUT2D eigenvalue weighted by atomic mass is 9.79. The van der Waals surface area contributed by atoms with Gasteiger partial charge in [-0.15, -0.1) is 0 Å². The zero-order valence-electron chi connectivity index (χ0n) is 24.5. The lowest BCUT2D eigenvalue weighted by Gasteiger charge is -2.37. The number of hydrogen-bond donors (Lipinski definition) is 0. The number of ether oxygens (including phenoxy) is 1. The Morgan fingerprint density at radius 2 is 2.02 bits per heavy atom. The van der Waals surface area contributed by atoms with Crippen LogP contribution in [-0.4, -0.2) is 83.6 Å². The number of aliphatic imine (C=N–C) groups is 1. The summed E-state index contributed by atoms with van der Waals surface area (Å²) in [5.41, 5.74) is 1.37. The number of likely N-dealkylation sites (tertiary alicyclic amines) is 1. The van der Waals surface area contributed by atoms with Gasteiger partial charge in [0.2, 0.25) is 0 Å². The summed E-state index contributed by atoms with van der Waals surface area (Å²) in [5, 5.41) is 3.31.